The van der Waals surface area contributed by atoms with E-state index in [0.29, 0.717) is 18.4 Å². The van der Waals surface area contributed by atoms with Gasteiger partial charge in [0.15, 0.2) is 5.89 Å². The molecule has 0 bridgehead atoms. The van der Waals surface area contributed by atoms with Gasteiger partial charge in [-0.3, -0.25) is 0 Å². The van der Waals surface area contributed by atoms with Crippen molar-refractivity contribution in [2.75, 3.05) is 6.61 Å². The normalized spacial score (nSPS) is 10.5. The molecule has 0 saturated carbocycles. The summed E-state index contributed by atoms with van der Waals surface area (Å²) in [6.45, 7) is 2.50. The zero-order valence-corrected chi connectivity index (χ0v) is 10.4. The largest absolute Gasteiger partial charge is 0.464 e. The summed E-state index contributed by atoms with van der Waals surface area (Å²) in [7, 11) is 0. The SMILES string of the molecule is CCOc1cnc(CCc2ccc(Cl)cc2)o1. The highest BCUT2D eigenvalue weighted by atomic mass is 35.5. The Labute approximate surface area is 105 Å². The van der Waals surface area contributed by atoms with Crippen molar-refractivity contribution in [3.05, 3.63) is 46.9 Å². The molecule has 0 N–H and O–H groups in total. The molecule has 2 aromatic rings. The van der Waals surface area contributed by atoms with E-state index in [-0.39, 0.29) is 0 Å². The maximum atomic E-state index is 5.82. The Hall–Kier alpha value is -1.48. The highest BCUT2D eigenvalue weighted by Crippen LogP contribution is 2.15. The summed E-state index contributed by atoms with van der Waals surface area (Å²) in [6.07, 6.45) is 3.25. The molecular formula is C13H14ClNO2. The van der Waals surface area contributed by atoms with Crippen LogP contribution in [0.3, 0.4) is 0 Å². The molecule has 1 heterocycles. The van der Waals surface area contributed by atoms with Gasteiger partial charge >= 0.3 is 5.95 Å². The van der Waals surface area contributed by atoms with E-state index < -0.39 is 0 Å². The van der Waals surface area contributed by atoms with E-state index in [1.54, 1.807) is 6.20 Å². The van der Waals surface area contributed by atoms with Crippen molar-refractivity contribution >= 4 is 11.6 Å². The van der Waals surface area contributed by atoms with Crippen LogP contribution in [0.5, 0.6) is 5.95 Å². The number of aromatic nitrogens is 1. The Morgan fingerprint density at radius 1 is 1.24 bits per heavy atom. The van der Waals surface area contributed by atoms with Crippen molar-refractivity contribution in [1.29, 1.82) is 0 Å². The standard InChI is InChI=1S/C13H14ClNO2/c1-2-16-13-9-15-12(17-13)8-5-10-3-6-11(14)7-4-10/h3-4,6-7,9H,2,5,8H2,1H3. The van der Waals surface area contributed by atoms with Crippen molar-refractivity contribution in [2.24, 2.45) is 0 Å². The summed E-state index contributed by atoms with van der Waals surface area (Å²) in [5.74, 6) is 1.18. The van der Waals surface area contributed by atoms with Crippen molar-refractivity contribution in [3.8, 4) is 5.95 Å². The predicted octanol–water partition coefficient (Wildman–Crippen LogP) is 3.51. The monoisotopic (exact) mass is 251 g/mol. The lowest BCUT2D eigenvalue weighted by atomic mass is 10.1. The van der Waals surface area contributed by atoms with Crippen LogP contribution in [0.15, 0.2) is 34.9 Å². The van der Waals surface area contributed by atoms with Gasteiger partial charge in [0.05, 0.1) is 6.61 Å². The molecule has 0 aliphatic rings. The Kier molecular flexibility index (Phi) is 4.04. The molecule has 0 unspecified atom stereocenters. The van der Waals surface area contributed by atoms with E-state index in [1.165, 1.54) is 5.56 Å². The Bertz CT molecular complexity index is 465. The molecule has 17 heavy (non-hydrogen) atoms. The fraction of sp³-hybridized carbons (Fsp3) is 0.308. The maximum absolute atomic E-state index is 5.82. The fourth-order valence-corrected chi connectivity index (χ4v) is 1.65. The number of rotatable bonds is 5. The summed E-state index contributed by atoms with van der Waals surface area (Å²) < 4.78 is 10.6. The first-order valence-electron chi connectivity index (χ1n) is 5.60. The first-order valence-corrected chi connectivity index (χ1v) is 5.97. The van der Waals surface area contributed by atoms with Crippen LogP contribution in [0.25, 0.3) is 0 Å². The molecule has 1 aromatic carbocycles. The van der Waals surface area contributed by atoms with Crippen LogP contribution in [0, 0.1) is 0 Å². The fourth-order valence-electron chi connectivity index (χ4n) is 1.52. The summed E-state index contributed by atoms with van der Waals surface area (Å²) in [6, 6.07) is 7.79. The number of oxazole rings is 1. The van der Waals surface area contributed by atoms with Gasteiger partial charge in [-0.15, -0.1) is 0 Å². The Morgan fingerprint density at radius 2 is 2.00 bits per heavy atom. The lowest BCUT2D eigenvalue weighted by Gasteiger charge is -1.99. The minimum Gasteiger partial charge on any atom is -0.464 e. The molecule has 3 nitrogen and oxygen atoms in total. The molecule has 0 amide bonds. The molecule has 90 valence electrons. The third kappa shape index (κ3) is 3.49. The van der Waals surface area contributed by atoms with Crippen LogP contribution in [0.4, 0.5) is 0 Å². The Morgan fingerprint density at radius 3 is 2.71 bits per heavy atom. The van der Waals surface area contributed by atoms with E-state index in [1.807, 2.05) is 31.2 Å². The zero-order chi connectivity index (χ0) is 12.1. The summed E-state index contributed by atoms with van der Waals surface area (Å²) in [5.41, 5.74) is 1.21. The van der Waals surface area contributed by atoms with Gasteiger partial charge < -0.3 is 9.15 Å². The number of aryl methyl sites for hydroxylation is 2. The van der Waals surface area contributed by atoms with Gasteiger partial charge in [0, 0.05) is 11.4 Å². The minimum atomic E-state index is 0.485. The molecule has 0 atom stereocenters. The van der Waals surface area contributed by atoms with Crippen LogP contribution in [0.2, 0.25) is 5.02 Å². The van der Waals surface area contributed by atoms with Crippen LogP contribution in [-0.4, -0.2) is 11.6 Å². The first kappa shape index (κ1) is 12.0. The lowest BCUT2D eigenvalue weighted by molar-refractivity contribution is 0.250. The maximum Gasteiger partial charge on any atom is 0.305 e. The number of hydrogen-bond donors (Lipinski definition) is 0. The number of ether oxygens (including phenoxy) is 1. The van der Waals surface area contributed by atoms with Crippen LogP contribution < -0.4 is 4.74 Å². The summed E-state index contributed by atoms with van der Waals surface area (Å²) in [5, 5.41) is 0.753. The van der Waals surface area contributed by atoms with Gasteiger partial charge in [0.2, 0.25) is 0 Å². The summed E-state index contributed by atoms with van der Waals surface area (Å²) >= 11 is 5.82. The average Bonchev–Trinajstić information content (AvgIpc) is 2.77. The third-order valence-corrected chi connectivity index (χ3v) is 2.61. The quantitative estimate of drug-likeness (QED) is 0.816. The topological polar surface area (TPSA) is 35.3 Å². The van der Waals surface area contributed by atoms with Crippen molar-refractivity contribution in [3.63, 3.8) is 0 Å². The molecule has 1 aromatic heterocycles. The molecule has 2 rings (SSSR count). The molecule has 0 radical (unpaired) electrons. The second-order valence-corrected chi connectivity index (χ2v) is 4.07. The smallest absolute Gasteiger partial charge is 0.305 e. The van der Waals surface area contributed by atoms with Gasteiger partial charge in [-0.25, -0.2) is 4.98 Å². The predicted molar refractivity (Wildman–Crippen MR) is 66.5 cm³/mol. The molecule has 0 fully saturated rings. The minimum absolute atomic E-state index is 0.485. The molecule has 4 heteroatoms. The number of benzene rings is 1. The first-order chi connectivity index (χ1) is 8.28. The van der Waals surface area contributed by atoms with E-state index in [4.69, 9.17) is 20.8 Å². The van der Waals surface area contributed by atoms with Gasteiger partial charge in [0.25, 0.3) is 0 Å². The van der Waals surface area contributed by atoms with Crippen LogP contribution in [0.1, 0.15) is 18.4 Å². The van der Waals surface area contributed by atoms with Gasteiger partial charge in [0.1, 0.15) is 6.20 Å². The molecule has 0 aliphatic heterocycles. The van der Waals surface area contributed by atoms with E-state index >= 15 is 0 Å². The van der Waals surface area contributed by atoms with Crippen molar-refractivity contribution < 1.29 is 9.15 Å². The number of halogens is 1. The average molecular weight is 252 g/mol. The molecule has 0 spiro atoms. The van der Waals surface area contributed by atoms with E-state index in [0.717, 1.165) is 17.9 Å². The van der Waals surface area contributed by atoms with Crippen molar-refractivity contribution in [1.82, 2.24) is 4.98 Å². The molecular weight excluding hydrogens is 238 g/mol. The number of nitrogens with zero attached hydrogens (tertiary/aromatic N) is 1. The zero-order valence-electron chi connectivity index (χ0n) is 9.65. The molecule has 0 saturated heterocycles. The second kappa shape index (κ2) is 5.73. The second-order valence-electron chi connectivity index (χ2n) is 3.63. The van der Waals surface area contributed by atoms with E-state index in [2.05, 4.69) is 4.98 Å². The highest BCUT2D eigenvalue weighted by molar-refractivity contribution is 6.30. The Balaban J connectivity index is 1.90. The number of hydrogen-bond acceptors (Lipinski definition) is 3. The summed E-state index contributed by atoms with van der Waals surface area (Å²) in [4.78, 5) is 4.15. The van der Waals surface area contributed by atoms with E-state index in [9.17, 15) is 0 Å². The van der Waals surface area contributed by atoms with Crippen LogP contribution in [-0.2, 0) is 12.8 Å². The van der Waals surface area contributed by atoms with Gasteiger partial charge in [-0.05, 0) is 31.0 Å². The lowest BCUT2D eigenvalue weighted by Crippen LogP contribution is -1.91. The van der Waals surface area contributed by atoms with Gasteiger partial charge in [-0.1, -0.05) is 23.7 Å². The van der Waals surface area contributed by atoms with Crippen molar-refractivity contribution in [2.45, 2.75) is 19.8 Å². The van der Waals surface area contributed by atoms with Gasteiger partial charge in [-0.2, -0.15) is 0 Å². The third-order valence-electron chi connectivity index (χ3n) is 2.36. The molecule has 0 aliphatic carbocycles. The van der Waals surface area contributed by atoms with Crippen LogP contribution >= 0.6 is 11.6 Å². The highest BCUT2D eigenvalue weighted by Gasteiger charge is 2.04.